The Labute approximate surface area is 333 Å². The van der Waals surface area contributed by atoms with Gasteiger partial charge in [0.25, 0.3) is 0 Å². The predicted octanol–water partition coefficient (Wildman–Crippen LogP) is 7.94. The molecule has 0 aliphatic carbocycles. The third-order valence-electron chi connectivity index (χ3n) is 9.58. The van der Waals surface area contributed by atoms with Crippen LogP contribution in [0.1, 0.15) is 60.8 Å². The van der Waals surface area contributed by atoms with Crippen LogP contribution in [0, 0.1) is 0 Å². The summed E-state index contributed by atoms with van der Waals surface area (Å²) in [5, 5.41) is 18.0. The molecule has 6 rings (SSSR count). The van der Waals surface area contributed by atoms with Crippen LogP contribution in [0.4, 0.5) is 21.9 Å². The van der Waals surface area contributed by atoms with Crippen LogP contribution in [0.15, 0.2) is 85.1 Å². The summed E-state index contributed by atoms with van der Waals surface area (Å²) in [5.74, 6) is 1.14. The van der Waals surface area contributed by atoms with Gasteiger partial charge in [0.05, 0.1) is 49.2 Å². The number of nitrogens with one attached hydrogen (secondary N) is 3. The number of morpholine rings is 1. The van der Waals surface area contributed by atoms with Crippen LogP contribution in [-0.4, -0.2) is 81.4 Å². The van der Waals surface area contributed by atoms with E-state index in [0.29, 0.717) is 47.0 Å². The zero-order chi connectivity index (χ0) is 40.7. The summed E-state index contributed by atoms with van der Waals surface area (Å²) in [6.07, 6.45) is 4.19. The van der Waals surface area contributed by atoms with Crippen molar-refractivity contribution in [3.05, 3.63) is 107 Å². The number of benzene rings is 4. The van der Waals surface area contributed by atoms with E-state index in [1.54, 1.807) is 48.7 Å². The van der Waals surface area contributed by atoms with Gasteiger partial charge in [-0.15, -0.1) is 0 Å². The van der Waals surface area contributed by atoms with Gasteiger partial charge in [0.1, 0.15) is 17.2 Å². The van der Waals surface area contributed by atoms with Crippen molar-refractivity contribution < 1.29 is 37.3 Å². The first-order valence-electron chi connectivity index (χ1n) is 18.7. The van der Waals surface area contributed by atoms with E-state index in [-0.39, 0.29) is 28.4 Å². The Balaban J connectivity index is 1.14. The fraction of sp³-hybridized carbons (Fsp3) is 0.326. The molecule has 13 nitrogen and oxygen atoms in total. The number of carbonyl (C=O) groups is 2. The van der Waals surface area contributed by atoms with Crippen molar-refractivity contribution >= 4 is 49.7 Å². The lowest BCUT2D eigenvalue weighted by atomic mass is 9.86. The van der Waals surface area contributed by atoms with E-state index in [2.05, 4.69) is 25.2 Å². The largest absolute Gasteiger partial charge is 0.507 e. The maximum absolute atomic E-state index is 13.5. The zero-order valence-electron chi connectivity index (χ0n) is 32.8. The van der Waals surface area contributed by atoms with Crippen LogP contribution in [0.25, 0.3) is 10.8 Å². The maximum atomic E-state index is 13.5. The molecule has 0 spiro atoms. The number of ketones is 1. The normalized spacial score (nSPS) is 13.6. The molecule has 4 N–H and O–H groups in total. The van der Waals surface area contributed by atoms with Crippen LogP contribution in [0.3, 0.4) is 0 Å². The third kappa shape index (κ3) is 10.8. The van der Waals surface area contributed by atoms with Crippen molar-refractivity contribution in [2.24, 2.45) is 0 Å². The molecule has 0 atom stereocenters. The molecule has 0 radical (unpaired) electrons. The highest BCUT2D eigenvalue weighted by molar-refractivity contribution is 7.92. The van der Waals surface area contributed by atoms with E-state index in [9.17, 15) is 23.1 Å². The zero-order valence-corrected chi connectivity index (χ0v) is 33.7. The Morgan fingerprint density at radius 3 is 2.33 bits per heavy atom. The fourth-order valence-corrected chi connectivity index (χ4v) is 7.24. The molecule has 1 saturated heterocycles. The Kier molecular flexibility index (Phi) is 12.7. The van der Waals surface area contributed by atoms with Crippen LogP contribution in [-0.2, 0) is 26.6 Å². The summed E-state index contributed by atoms with van der Waals surface area (Å²) >= 11 is 0. The lowest BCUT2D eigenvalue weighted by Gasteiger charge is -2.26. The number of fused-ring (bicyclic) bond motifs is 1. The summed E-state index contributed by atoms with van der Waals surface area (Å²) in [6.45, 7) is 9.95. The van der Waals surface area contributed by atoms with Crippen molar-refractivity contribution in [2.75, 3.05) is 61.6 Å². The maximum Gasteiger partial charge on any atom is 0.323 e. The lowest BCUT2D eigenvalue weighted by Crippen LogP contribution is -2.36. The van der Waals surface area contributed by atoms with Gasteiger partial charge in [-0.05, 0) is 72.0 Å². The third-order valence-corrected chi connectivity index (χ3v) is 10.2. The molecule has 5 aromatic rings. The lowest BCUT2D eigenvalue weighted by molar-refractivity contribution is 0.0371. The van der Waals surface area contributed by atoms with Gasteiger partial charge in [-0.2, -0.15) is 0 Å². The number of nitrogens with zero attached hydrogens (tertiary/aromatic N) is 2. The monoisotopic (exact) mass is 795 g/mol. The molecular weight excluding hydrogens is 747 g/mol. The molecule has 300 valence electrons. The van der Waals surface area contributed by atoms with Gasteiger partial charge >= 0.3 is 6.03 Å². The van der Waals surface area contributed by atoms with Crippen molar-refractivity contribution in [1.29, 1.82) is 0 Å². The molecule has 1 aromatic heterocycles. The number of Topliss-reactive ketones (excluding diaryl/α,β-unsaturated/α-hetero) is 1. The van der Waals surface area contributed by atoms with Crippen LogP contribution >= 0.6 is 0 Å². The number of anilines is 3. The number of sulfonamides is 1. The van der Waals surface area contributed by atoms with E-state index in [4.69, 9.17) is 14.2 Å². The van der Waals surface area contributed by atoms with E-state index in [1.807, 2.05) is 57.2 Å². The van der Waals surface area contributed by atoms with Gasteiger partial charge in [0, 0.05) is 54.7 Å². The van der Waals surface area contributed by atoms with Crippen molar-refractivity contribution in [3.63, 3.8) is 0 Å². The molecule has 0 unspecified atom stereocenters. The first-order valence-corrected chi connectivity index (χ1v) is 20.6. The molecule has 57 heavy (non-hydrogen) atoms. The summed E-state index contributed by atoms with van der Waals surface area (Å²) in [7, 11) is -2.24. The van der Waals surface area contributed by atoms with Gasteiger partial charge in [0.2, 0.25) is 10.0 Å². The second-order valence-electron chi connectivity index (χ2n) is 15.1. The number of amides is 2. The highest BCUT2D eigenvalue weighted by Gasteiger charge is 2.23. The number of hydrogen-bond acceptors (Lipinski definition) is 10. The van der Waals surface area contributed by atoms with Crippen molar-refractivity contribution in [2.45, 2.75) is 45.4 Å². The van der Waals surface area contributed by atoms with Crippen LogP contribution < -0.4 is 24.8 Å². The van der Waals surface area contributed by atoms with E-state index in [1.165, 1.54) is 7.11 Å². The molecular formula is C43H49N5O8S. The van der Waals surface area contributed by atoms with Gasteiger partial charge < -0.3 is 30.0 Å². The highest BCUT2D eigenvalue weighted by Crippen LogP contribution is 2.40. The van der Waals surface area contributed by atoms with E-state index in [0.717, 1.165) is 67.4 Å². The smallest absolute Gasteiger partial charge is 0.323 e. The number of phenolic OH excluding ortho intramolecular Hbond substituents is 1. The first-order chi connectivity index (χ1) is 27.2. The summed E-state index contributed by atoms with van der Waals surface area (Å²) in [6, 6.07) is 22.6. The molecule has 2 heterocycles. The number of hydrogen-bond donors (Lipinski definition) is 4. The van der Waals surface area contributed by atoms with E-state index >= 15 is 0 Å². The number of ether oxygens (including phenoxy) is 3. The van der Waals surface area contributed by atoms with Gasteiger partial charge in [-0.3, -0.25) is 19.4 Å². The number of rotatable bonds is 14. The Bertz CT molecular complexity index is 2370. The SMILES string of the molecule is COc1c(NC(=O)Nc2ccc(Oc3ccnc(Cc4ccc(C(=O)CCCN5CCOCC5)c(O)c4)c3)c3ccccc23)cc(C(C)(C)C)cc1NS(C)(=O)=O. The topological polar surface area (TPSA) is 168 Å². The number of phenols is 1. The molecule has 1 fully saturated rings. The quantitative estimate of drug-likeness (QED) is 0.0810. The fourth-order valence-electron chi connectivity index (χ4n) is 6.69. The second kappa shape index (κ2) is 17.6. The number of aromatic hydroxyl groups is 1. The predicted molar refractivity (Wildman–Crippen MR) is 223 cm³/mol. The van der Waals surface area contributed by atoms with Crippen LogP contribution in [0.5, 0.6) is 23.0 Å². The average molecular weight is 796 g/mol. The van der Waals surface area contributed by atoms with Crippen LogP contribution in [0.2, 0.25) is 0 Å². The van der Waals surface area contributed by atoms with Crippen molar-refractivity contribution in [1.82, 2.24) is 9.88 Å². The number of urea groups is 1. The number of pyridine rings is 1. The molecule has 1 aliphatic heterocycles. The van der Waals surface area contributed by atoms with Gasteiger partial charge in [0.15, 0.2) is 11.5 Å². The Morgan fingerprint density at radius 2 is 1.63 bits per heavy atom. The minimum atomic E-state index is -3.64. The minimum absolute atomic E-state index is 0.0450. The number of methoxy groups -OCH3 is 1. The van der Waals surface area contributed by atoms with Gasteiger partial charge in [-0.1, -0.05) is 51.1 Å². The molecule has 0 bridgehead atoms. The number of aromatic nitrogens is 1. The van der Waals surface area contributed by atoms with E-state index < -0.39 is 16.1 Å². The van der Waals surface area contributed by atoms with Gasteiger partial charge in [-0.25, -0.2) is 13.2 Å². The standard InChI is InChI=1S/C43H49N5O8S/c1-43(2,3)29-25-36(41(54-4)37(26-29)47-57(5,52)53)46-42(51)45-35-14-15-40(33-10-7-6-9-32(33)35)56-31-16-17-44-30(27-31)23-28-12-13-34(39(50)24-28)38(49)11-8-18-48-19-21-55-22-20-48/h6-7,9-10,12-17,24-27,47,50H,8,11,18-23H2,1-5H3,(H2,45,46,51). The minimum Gasteiger partial charge on any atom is -0.507 e. The number of carbonyl (C=O) groups excluding carboxylic acids is 2. The summed E-state index contributed by atoms with van der Waals surface area (Å²) < 4.78 is 44.1. The Morgan fingerprint density at radius 1 is 0.912 bits per heavy atom. The second-order valence-corrected chi connectivity index (χ2v) is 16.8. The first kappa shape index (κ1) is 40.9. The molecule has 0 saturated carbocycles. The average Bonchev–Trinajstić information content (AvgIpc) is 3.15. The molecule has 2 amide bonds. The molecule has 1 aliphatic rings. The van der Waals surface area contributed by atoms with Crippen molar-refractivity contribution in [3.8, 4) is 23.0 Å². The molecule has 14 heteroatoms. The highest BCUT2D eigenvalue weighted by atomic mass is 32.2. The summed E-state index contributed by atoms with van der Waals surface area (Å²) in [4.78, 5) is 33.2. The Hall–Kier alpha value is -5.70. The molecule has 4 aromatic carbocycles. The summed E-state index contributed by atoms with van der Waals surface area (Å²) in [5.41, 5.74) is 3.26.